The van der Waals surface area contributed by atoms with E-state index in [0.29, 0.717) is 43.5 Å². The molecule has 5 atom stereocenters. The summed E-state index contributed by atoms with van der Waals surface area (Å²) in [6.07, 6.45) is 14.1. The number of alkyl carbamates (subject to hydrolysis) is 1. The molecule has 14 heteroatoms. The Hall–Kier alpha value is -4.72. The Kier molecular flexibility index (Phi) is 9.40. The number of allylic oxidation sites excluding steroid dienone is 1. The van der Waals surface area contributed by atoms with Gasteiger partial charge in [0.05, 0.1) is 23.0 Å². The van der Waals surface area contributed by atoms with Crippen LogP contribution in [0.3, 0.4) is 0 Å². The first kappa shape index (κ1) is 36.6. The van der Waals surface area contributed by atoms with Crippen LogP contribution in [0.2, 0.25) is 0 Å². The van der Waals surface area contributed by atoms with Crippen molar-refractivity contribution in [2.24, 2.45) is 5.92 Å². The standard InChI is InChI=1S/C39H47N5O8S/c1-24-32-28(27-13-10-11-14-29(27)40-24)19-20-38(51-32)22-31-33(45)42-39(35(47)43-53(49,50)26-16-17-26)21-18-25(39)12-8-6-5-7-9-15-30(34(46)44(31)23-38)41-36(48)52-37(2,3)4/h8,10-14,18-21,25-26,30-31H,5-7,9,15-17,22-23H2,1-4H3,(H,41,48)(H,42,45)(H,43,47)/b12-8-/t25-,30+,31+,38-,39-/m1/s1. The number of sulfonamides is 1. The van der Waals surface area contributed by atoms with Crippen LogP contribution >= 0.6 is 0 Å². The Balaban J connectivity index is 1.26. The van der Waals surface area contributed by atoms with Gasteiger partial charge < -0.3 is 25.0 Å². The van der Waals surface area contributed by atoms with E-state index < -0.39 is 73.8 Å². The van der Waals surface area contributed by atoms with Crippen molar-refractivity contribution in [3.63, 3.8) is 0 Å². The van der Waals surface area contributed by atoms with Gasteiger partial charge >= 0.3 is 6.09 Å². The number of hydrogen-bond acceptors (Lipinski definition) is 9. The summed E-state index contributed by atoms with van der Waals surface area (Å²) in [7, 11) is -3.94. The fourth-order valence-corrected chi connectivity index (χ4v) is 8.95. The van der Waals surface area contributed by atoms with Crippen LogP contribution in [0.4, 0.5) is 4.79 Å². The number of nitrogens with zero attached hydrogens (tertiary/aromatic N) is 2. The number of carbonyl (C=O) groups excluding carboxylic acids is 4. The first-order valence-electron chi connectivity index (χ1n) is 18.4. The molecule has 0 radical (unpaired) electrons. The zero-order chi connectivity index (χ0) is 37.8. The first-order valence-corrected chi connectivity index (χ1v) is 20.0. The molecule has 1 spiro atoms. The molecular weight excluding hydrogens is 699 g/mol. The SMILES string of the molecule is Cc1nc2ccccc2c2c1O[C@]1(C=C2)C[C@H]2C(=O)N[C@]3(C(=O)NS(=O)(=O)C4CC4)C=C[C@H]3/C=C\CCCCC[C@H](NC(=O)OC(C)(C)C)C(=O)N2C1. The van der Waals surface area contributed by atoms with Gasteiger partial charge in [0.2, 0.25) is 21.8 Å². The number of nitrogens with one attached hydrogen (secondary N) is 3. The summed E-state index contributed by atoms with van der Waals surface area (Å²) >= 11 is 0. The number of hydrogen-bond donors (Lipinski definition) is 3. The molecule has 4 amide bonds. The molecule has 0 unspecified atom stereocenters. The smallest absolute Gasteiger partial charge is 0.408 e. The number of pyridine rings is 1. The molecule has 2 fully saturated rings. The Morgan fingerprint density at radius 2 is 1.83 bits per heavy atom. The summed E-state index contributed by atoms with van der Waals surface area (Å²) in [6.45, 7) is 7.01. The molecule has 7 rings (SSSR count). The van der Waals surface area contributed by atoms with Crippen molar-refractivity contribution in [1.29, 1.82) is 0 Å². The number of benzene rings is 1. The average Bonchev–Trinajstić information content (AvgIpc) is 3.89. The lowest BCUT2D eigenvalue weighted by Crippen LogP contribution is -2.67. The number of rotatable bonds is 4. The lowest BCUT2D eigenvalue weighted by molar-refractivity contribution is -0.142. The van der Waals surface area contributed by atoms with E-state index in [-0.39, 0.29) is 13.0 Å². The molecular formula is C39H47N5O8S. The van der Waals surface area contributed by atoms with Gasteiger partial charge in [-0.05, 0) is 71.9 Å². The highest BCUT2D eigenvalue weighted by Crippen LogP contribution is 2.43. The fraction of sp³-hybridized carbons (Fsp3) is 0.513. The van der Waals surface area contributed by atoms with Crippen LogP contribution in [-0.2, 0) is 29.1 Å². The van der Waals surface area contributed by atoms with E-state index in [9.17, 15) is 27.6 Å². The van der Waals surface area contributed by atoms with Crippen LogP contribution in [0.1, 0.15) is 83.4 Å². The first-order chi connectivity index (χ1) is 25.1. The lowest BCUT2D eigenvalue weighted by atomic mass is 9.73. The van der Waals surface area contributed by atoms with Gasteiger partial charge in [-0.25, -0.2) is 18.2 Å². The van der Waals surface area contributed by atoms with Crippen molar-refractivity contribution in [3.8, 4) is 5.75 Å². The second kappa shape index (κ2) is 13.6. The van der Waals surface area contributed by atoms with E-state index in [1.165, 1.54) is 11.0 Å². The van der Waals surface area contributed by atoms with Crippen molar-refractivity contribution >= 4 is 50.8 Å². The van der Waals surface area contributed by atoms with Gasteiger partial charge in [-0.1, -0.05) is 61.4 Å². The highest BCUT2D eigenvalue weighted by molar-refractivity contribution is 7.91. The zero-order valence-electron chi connectivity index (χ0n) is 30.5. The van der Waals surface area contributed by atoms with Crippen molar-refractivity contribution in [3.05, 3.63) is 65.9 Å². The molecule has 1 aromatic carbocycles. The van der Waals surface area contributed by atoms with Gasteiger partial charge in [0.15, 0.2) is 0 Å². The third kappa shape index (κ3) is 7.29. The quantitative estimate of drug-likeness (QED) is 0.385. The molecule has 1 saturated heterocycles. The zero-order valence-corrected chi connectivity index (χ0v) is 31.3. The minimum absolute atomic E-state index is 0.0221. The van der Waals surface area contributed by atoms with E-state index >= 15 is 0 Å². The third-order valence-electron chi connectivity index (χ3n) is 10.5. The van der Waals surface area contributed by atoms with Crippen molar-refractivity contribution in [2.45, 2.75) is 113 Å². The third-order valence-corrected chi connectivity index (χ3v) is 12.4. The summed E-state index contributed by atoms with van der Waals surface area (Å²) in [4.78, 5) is 62.4. The maximum absolute atomic E-state index is 14.7. The molecule has 2 aromatic rings. The summed E-state index contributed by atoms with van der Waals surface area (Å²) in [6, 6.07) is 5.55. The van der Waals surface area contributed by atoms with E-state index in [1.807, 2.05) is 55.5 Å². The lowest BCUT2D eigenvalue weighted by Gasteiger charge is -2.42. The summed E-state index contributed by atoms with van der Waals surface area (Å²) in [5.74, 6) is -2.08. The van der Waals surface area contributed by atoms with Gasteiger partial charge in [-0.2, -0.15) is 0 Å². The minimum atomic E-state index is -3.94. The molecule has 282 valence electrons. The highest BCUT2D eigenvalue weighted by atomic mass is 32.2. The van der Waals surface area contributed by atoms with E-state index in [2.05, 4.69) is 15.4 Å². The van der Waals surface area contributed by atoms with Crippen LogP contribution in [-0.4, -0.2) is 82.7 Å². The summed E-state index contributed by atoms with van der Waals surface area (Å²) in [5.41, 5.74) is -1.37. The van der Waals surface area contributed by atoms with Crippen LogP contribution in [0.5, 0.6) is 5.75 Å². The van der Waals surface area contributed by atoms with Crippen LogP contribution in [0.25, 0.3) is 17.0 Å². The molecule has 4 heterocycles. The van der Waals surface area contributed by atoms with Gasteiger partial charge in [0.25, 0.3) is 5.91 Å². The molecule has 3 aliphatic heterocycles. The Morgan fingerprint density at radius 1 is 1.06 bits per heavy atom. The number of ether oxygens (including phenoxy) is 2. The van der Waals surface area contributed by atoms with E-state index in [4.69, 9.17) is 14.5 Å². The summed E-state index contributed by atoms with van der Waals surface area (Å²) < 4.78 is 40.4. The highest BCUT2D eigenvalue weighted by Gasteiger charge is 2.56. The van der Waals surface area contributed by atoms with Crippen LogP contribution < -0.4 is 20.1 Å². The predicted octanol–water partition coefficient (Wildman–Crippen LogP) is 4.35. The van der Waals surface area contributed by atoms with Crippen molar-refractivity contribution in [1.82, 2.24) is 25.2 Å². The van der Waals surface area contributed by atoms with Crippen molar-refractivity contribution in [2.75, 3.05) is 6.54 Å². The molecule has 1 saturated carbocycles. The van der Waals surface area contributed by atoms with Gasteiger partial charge in [-0.15, -0.1) is 0 Å². The predicted molar refractivity (Wildman–Crippen MR) is 198 cm³/mol. The number of carbonyl (C=O) groups is 4. The molecule has 53 heavy (non-hydrogen) atoms. The molecule has 2 aliphatic carbocycles. The van der Waals surface area contributed by atoms with E-state index in [0.717, 1.165) is 29.3 Å². The second-order valence-electron chi connectivity index (χ2n) is 15.8. The molecule has 5 aliphatic rings. The maximum atomic E-state index is 14.7. The average molecular weight is 746 g/mol. The van der Waals surface area contributed by atoms with Gasteiger partial charge in [-0.3, -0.25) is 19.1 Å². The number of aryl methyl sites for hydroxylation is 1. The van der Waals surface area contributed by atoms with Gasteiger partial charge in [0.1, 0.15) is 34.6 Å². The maximum Gasteiger partial charge on any atom is 0.408 e. The number of para-hydroxylation sites is 1. The number of aromatic nitrogens is 1. The van der Waals surface area contributed by atoms with E-state index in [1.54, 1.807) is 26.8 Å². The molecule has 1 aromatic heterocycles. The Bertz CT molecular complexity index is 2050. The largest absolute Gasteiger partial charge is 0.479 e. The molecule has 0 bridgehead atoms. The second-order valence-corrected chi connectivity index (χ2v) is 17.8. The van der Waals surface area contributed by atoms with Crippen LogP contribution in [0, 0.1) is 12.8 Å². The topological polar surface area (TPSA) is 173 Å². The fourth-order valence-electron chi connectivity index (χ4n) is 7.60. The number of amides is 4. The van der Waals surface area contributed by atoms with Gasteiger partial charge in [0, 0.05) is 23.3 Å². The Labute approximate surface area is 309 Å². The molecule has 3 N–H and O–H groups in total. The van der Waals surface area contributed by atoms with Crippen LogP contribution in [0.15, 0.2) is 54.6 Å². The number of fused-ring (bicyclic) bond motifs is 5. The normalized spacial score (nSPS) is 29.4. The molecule has 13 nitrogen and oxygen atoms in total. The Morgan fingerprint density at radius 3 is 2.55 bits per heavy atom. The van der Waals surface area contributed by atoms with Crippen molar-refractivity contribution < 1.29 is 37.1 Å². The monoisotopic (exact) mass is 745 g/mol. The minimum Gasteiger partial charge on any atom is -0.479 e. The summed E-state index contributed by atoms with van der Waals surface area (Å²) in [5, 5.41) is 5.90.